The molecule has 1 N–H and O–H groups in total. The van der Waals surface area contributed by atoms with Gasteiger partial charge in [0.05, 0.1) is 18.1 Å². The monoisotopic (exact) mass is 343 g/mol. The average Bonchev–Trinajstić information content (AvgIpc) is 2.96. The molecule has 1 aromatic carbocycles. The van der Waals surface area contributed by atoms with E-state index in [0.29, 0.717) is 13.0 Å². The molecule has 1 aliphatic carbocycles. The minimum absolute atomic E-state index is 0.172. The maximum Gasteiger partial charge on any atom is 0.220 e. The van der Waals surface area contributed by atoms with Crippen molar-refractivity contribution < 1.29 is 9.53 Å². The van der Waals surface area contributed by atoms with E-state index in [1.54, 1.807) is 7.11 Å². The lowest BCUT2D eigenvalue weighted by Crippen LogP contribution is -2.26. The molecule has 0 radical (unpaired) electrons. The second kappa shape index (κ2) is 8.37. The first-order valence-corrected chi connectivity index (χ1v) is 9.43. The predicted molar refractivity (Wildman–Crippen MR) is 99.8 cm³/mol. The van der Waals surface area contributed by atoms with Gasteiger partial charge in [-0.2, -0.15) is 0 Å². The highest BCUT2D eigenvalue weighted by molar-refractivity contribution is 5.78. The largest absolute Gasteiger partial charge is 0.497 e. The third-order valence-corrected chi connectivity index (χ3v) is 5.36. The molecule has 0 saturated heterocycles. The van der Waals surface area contributed by atoms with Gasteiger partial charge in [-0.15, -0.1) is 0 Å². The molecule has 2 aromatic rings. The second-order valence-corrected chi connectivity index (χ2v) is 7.08. The molecule has 1 heterocycles. The Morgan fingerprint density at radius 3 is 2.88 bits per heavy atom. The Kier molecular flexibility index (Phi) is 5.95. The summed E-state index contributed by atoms with van der Waals surface area (Å²) in [7, 11) is 3.68. The van der Waals surface area contributed by atoms with E-state index in [1.165, 1.54) is 32.1 Å². The van der Waals surface area contributed by atoms with Gasteiger partial charge in [0.15, 0.2) is 0 Å². The smallest absolute Gasteiger partial charge is 0.220 e. The van der Waals surface area contributed by atoms with Crippen LogP contribution in [0, 0.1) is 5.92 Å². The van der Waals surface area contributed by atoms with Crippen molar-refractivity contribution in [1.29, 1.82) is 0 Å². The van der Waals surface area contributed by atoms with Gasteiger partial charge in [-0.25, -0.2) is 4.98 Å². The Morgan fingerprint density at radius 1 is 1.32 bits per heavy atom. The minimum Gasteiger partial charge on any atom is -0.497 e. The van der Waals surface area contributed by atoms with Crippen LogP contribution in [-0.4, -0.2) is 29.1 Å². The average molecular weight is 343 g/mol. The van der Waals surface area contributed by atoms with E-state index < -0.39 is 0 Å². The van der Waals surface area contributed by atoms with Gasteiger partial charge in [0, 0.05) is 32.5 Å². The molecule has 1 aliphatic rings. The zero-order chi connectivity index (χ0) is 17.6. The summed E-state index contributed by atoms with van der Waals surface area (Å²) in [4.78, 5) is 16.7. The van der Waals surface area contributed by atoms with Gasteiger partial charge in [0.1, 0.15) is 11.6 Å². The van der Waals surface area contributed by atoms with Crippen molar-refractivity contribution in [1.82, 2.24) is 14.9 Å². The standard InChI is InChI=1S/C20H29N3O2/c1-23-18-10-9-16(25-2)14-17(18)22-19(23)12-13-21-20(24)11-8-15-6-4-3-5-7-15/h9-10,14-15H,3-8,11-13H2,1-2H3,(H,21,24). The molecule has 0 bridgehead atoms. The van der Waals surface area contributed by atoms with Gasteiger partial charge in [-0.3, -0.25) is 4.79 Å². The van der Waals surface area contributed by atoms with Crippen LogP contribution in [0.25, 0.3) is 11.0 Å². The number of carbonyl (C=O) groups is 1. The minimum atomic E-state index is 0.172. The number of fused-ring (bicyclic) bond motifs is 1. The number of ether oxygens (including phenoxy) is 1. The molecular weight excluding hydrogens is 314 g/mol. The van der Waals surface area contributed by atoms with Crippen LogP contribution in [0.15, 0.2) is 18.2 Å². The highest BCUT2D eigenvalue weighted by Gasteiger charge is 2.15. The third-order valence-electron chi connectivity index (χ3n) is 5.36. The van der Waals surface area contributed by atoms with E-state index in [1.807, 2.05) is 25.2 Å². The Morgan fingerprint density at radius 2 is 2.12 bits per heavy atom. The number of carbonyl (C=O) groups excluding carboxylic acids is 1. The number of amides is 1. The van der Waals surface area contributed by atoms with E-state index in [0.717, 1.165) is 41.4 Å². The van der Waals surface area contributed by atoms with Crippen molar-refractivity contribution in [3.8, 4) is 5.75 Å². The molecule has 25 heavy (non-hydrogen) atoms. The van der Waals surface area contributed by atoms with E-state index in [-0.39, 0.29) is 5.91 Å². The molecule has 0 unspecified atom stereocenters. The summed E-state index contributed by atoms with van der Waals surface area (Å²) in [5.41, 5.74) is 2.01. The van der Waals surface area contributed by atoms with Gasteiger partial charge in [-0.05, 0) is 24.5 Å². The Balaban J connectivity index is 1.47. The number of aryl methyl sites for hydroxylation is 1. The van der Waals surface area contributed by atoms with Crippen LogP contribution >= 0.6 is 0 Å². The van der Waals surface area contributed by atoms with E-state index in [4.69, 9.17) is 4.74 Å². The number of imidazole rings is 1. The van der Waals surface area contributed by atoms with Crippen LogP contribution in [0.3, 0.4) is 0 Å². The van der Waals surface area contributed by atoms with Crippen LogP contribution in [-0.2, 0) is 18.3 Å². The lowest BCUT2D eigenvalue weighted by molar-refractivity contribution is -0.121. The molecule has 3 rings (SSSR count). The first-order chi connectivity index (χ1) is 12.2. The molecule has 5 heteroatoms. The first kappa shape index (κ1) is 17.8. The summed E-state index contributed by atoms with van der Waals surface area (Å²) < 4.78 is 7.34. The summed E-state index contributed by atoms with van der Waals surface area (Å²) in [5.74, 6) is 2.73. The Bertz CT molecular complexity index is 717. The summed E-state index contributed by atoms with van der Waals surface area (Å²) >= 11 is 0. The fraction of sp³-hybridized carbons (Fsp3) is 0.600. The highest BCUT2D eigenvalue weighted by atomic mass is 16.5. The first-order valence-electron chi connectivity index (χ1n) is 9.43. The zero-order valence-electron chi connectivity index (χ0n) is 15.4. The topological polar surface area (TPSA) is 56.1 Å². The summed E-state index contributed by atoms with van der Waals surface area (Å²) in [6.45, 7) is 0.637. The van der Waals surface area contributed by atoms with Gasteiger partial charge in [-0.1, -0.05) is 32.1 Å². The number of methoxy groups -OCH3 is 1. The van der Waals surface area contributed by atoms with Crippen LogP contribution in [0.5, 0.6) is 5.75 Å². The number of benzene rings is 1. The number of rotatable bonds is 7. The van der Waals surface area contributed by atoms with Crippen LogP contribution in [0.2, 0.25) is 0 Å². The lowest BCUT2D eigenvalue weighted by Gasteiger charge is -2.20. The summed E-state index contributed by atoms with van der Waals surface area (Å²) in [6.07, 6.45) is 9.08. The van der Waals surface area contributed by atoms with Gasteiger partial charge in [0.25, 0.3) is 0 Å². The highest BCUT2D eigenvalue weighted by Crippen LogP contribution is 2.27. The summed E-state index contributed by atoms with van der Waals surface area (Å²) in [6, 6.07) is 5.91. The second-order valence-electron chi connectivity index (χ2n) is 7.08. The SMILES string of the molecule is COc1ccc2c(c1)nc(CCNC(=O)CCC1CCCCC1)n2C. The Labute approximate surface area is 149 Å². The number of hydrogen-bond donors (Lipinski definition) is 1. The maximum absolute atomic E-state index is 12.1. The number of hydrogen-bond acceptors (Lipinski definition) is 3. The van der Waals surface area contributed by atoms with Crippen LogP contribution in [0.1, 0.15) is 50.8 Å². The van der Waals surface area contributed by atoms with Crippen molar-refractivity contribution in [3.05, 3.63) is 24.0 Å². The number of nitrogens with zero attached hydrogens (tertiary/aromatic N) is 2. The van der Waals surface area contributed by atoms with Crippen molar-refractivity contribution in [2.75, 3.05) is 13.7 Å². The molecule has 0 atom stereocenters. The molecule has 136 valence electrons. The Hall–Kier alpha value is -2.04. The number of aromatic nitrogens is 2. The lowest BCUT2D eigenvalue weighted by atomic mass is 9.86. The molecule has 1 amide bonds. The van der Waals surface area contributed by atoms with E-state index in [9.17, 15) is 4.79 Å². The van der Waals surface area contributed by atoms with Crippen molar-refractivity contribution in [2.24, 2.45) is 13.0 Å². The number of nitrogens with one attached hydrogen (secondary N) is 1. The predicted octanol–water partition coefficient (Wildman–Crippen LogP) is 3.60. The maximum atomic E-state index is 12.1. The summed E-state index contributed by atoms with van der Waals surface area (Å²) in [5, 5.41) is 3.05. The molecule has 5 nitrogen and oxygen atoms in total. The fourth-order valence-corrected chi connectivity index (χ4v) is 3.79. The zero-order valence-corrected chi connectivity index (χ0v) is 15.4. The molecule has 1 fully saturated rings. The van der Waals surface area contributed by atoms with E-state index >= 15 is 0 Å². The normalized spacial score (nSPS) is 15.4. The fourth-order valence-electron chi connectivity index (χ4n) is 3.79. The quantitative estimate of drug-likeness (QED) is 0.836. The van der Waals surface area contributed by atoms with Crippen molar-refractivity contribution in [2.45, 2.75) is 51.4 Å². The van der Waals surface area contributed by atoms with Crippen molar-refractivity contribution >= 4 is 16.9 Å². The van der Waals surface area contributed by atoms with Crippen LogP contribution in [0.4, 0.5) is 0 Å². The third kappa shape index (κ3) is 4.53. The van der Waals surface area contributed by atoms with Crippen LogP contribution < -0.4 is 10.1 Å². The van der Waals surface area contributed by atoms with E-state index in [2.05, 4.69) is 14.9 Å². The molecule has 0 spiro atoms. The van der Waals surface area contributed by atoms with Gasteiger partial charge >= 0.3 is 0 Å². The molecule has 1 saturated carbocycles. The molecular formula is C20H29N3O2. The molecule has 0 aliphatic heterocycles. The molecule has 1 aromatic heterocycles. The van der Waals surface area contributed by atoms with Gasteiger partial charge < -0.3 is 14.6 Å². The van der Waals surface area contributed by atoms with Gasteiger partial charge in [0.2, 0.25) is 5.91 Å². The van der Waals surface area contributed by atoms with Crippen molar-refractivity contribution in [3.63, 3.8) is 0 Å².